The van der Waals surface area contributed by atoms with E-state index in [-0.39, 0.29) is 41.2 Å². The molecule has 0 spiro atoms. The van der Waals surface area contributed by atoms with E-state index >= 15 is 0 Å². The highest BCUT2D eigenvalue weighted by Crippen LogP contribution is 2.40. The second-order valence-corrected chi connectivity index (χ2v) is 8.32. The third-order valence-electron chi connectivity index (χ3n) is 4.25. The van der Waals surface area contributed by atoms with E-state index < -0.39 is 35.2 Å². The number of rotatable bonds is 8. The summed E-state index contributed by atoms with van der Waals surface area (Å²) in [5.74, 6) is -2.96. The van der Waals surface area contributed by atoms with Crippen LogP contribution >= 0.6 is 23.1 Å². The number of amides is 2. The number of hydrogen-bond acceptors (Lipinski definition) is 11. The van der Waals surface area contributed by atoms with Crippen molar-refractivity contribution in [3.05, 3.63) is 22.3 Å². The predicted octanol–water partition coefficient (Wildman–Crippen LogP) is -0.232. The van der Waals surface area contributed by atoms with Gasteiger partial charge in [-0.05, 0) is 6.92 Å². The molecule has 0 aliphatic carbocycles. The topological polar surface area (TPSA) is 174 Å². The molecule has 1 unspecified atom stereocenters. The number of aromatic nitrogens is 1. The number of nitrogens with zero attached hydrogens (tertiary/aromatic N) is 3. The van der Waals surface area contributed by atoms with Crippen molar-refractivity contribution in [3.8, 4) is 0 Å². The molecule has 31 heavy (non-hydrogen) atoms. The maximum Gasteiger partial charge on any atom is 0.352 e. The Hall–Kier alpha value is -3.13. The lowest BCUT2D eigenvalue weighted by atomic mass is 10.0. The summed E-state index contributed by atoms with van der Waals surface area (Å²) in [6, 6.07) is -0.968. The molecule has 0 saturated carbocycles. The summed E-state index contributed by atoms with van der Waals surface area (Å²) in [5.41, 5.74) is 5.73. The molecular weight excluding hydrogens is 450 g/mol. The maximum atomic E-state index is 12.8. The minimum atomic E-state index is -1.32. The zero-order chi connectivity index (χ0) is 22.7. The number of carboxylic acids is 1. The summed E-state index contributed by atoms with van der Waals surface area (Å²) in [5, 5.41) is 17.1. The monoisotopic (exact) mass is 469 g/mol. The number of nitrogens with two attached hydrogens (primary N) is 1. The van der Waals surface area contributed by atoms with Crippen LogP contribution in [-0.4, -0.2) is 74.8 Å². The van der Waals surface area contributed by atoms with E-state index in [0.29, 0.717) is 5.57 Å². The van der Waals surface area contributed by atoms with Crippen LogP contribution in [0.2, 0.25) is 0 Å². The van der Waals surface area contributed by atoms with Gasteiger partial charge in [0.25, 0.3) is 11.8 Å². The molecule has 1 aromatic heterocycles. The number of carboxylic acid groups (broad SMARTS) is 1. The van der Waals surface area contributed by atoms with E-state index in [4.69, 9.17) is 15.3 Å². The van der Waals surface area contributed by atoms with Gasteiger partial charge in [0.1, 0.15) is 36.0 Å². The van der Waals surface area contributed by atoms with Gasteiger partial charge in [-0.2, -0.15) is 0 Å². The Bertz CT molecular complexity index is 989. The molecule has 2 amide bonds. The third kappa shape index (κ3) is 4.64. The fraction of sp³-hybridized carbons (Fsp3) is 0.412. The second kappa shape index (κ2) is 9.34. The lowest BCUT2D eigenvalue weighted by molar-refractivity contribution is -0.150. The predicted molar refractivity (Wildman–Crippen MR) is 111 cm³/mol. The standard InChI is InChI=1S/C17H19N5O7S2/c1-3-29-21-10(9-6-31-17(18)19-9)13(24)20-11-14(25)22-12(16(26)27)8(4-28-7(2)23)5-30-15(11)22/h6,11,15H,3-5H2,1-2H3,(H2,18,19)(H,20,24)(H,26,27)/b21-10+/t11?,15-/m1/s1. The first-order chi connectivity index (χ1) is 14.7. The minimum absolute atomic E-state index is 0.147. The van der Waals surface area contributed by atoms with E-state index in [2.05, 4.69) is 15.5 Å². The molecule has 1 fully saturated rings. The third-order valence-corrected chi connectivity index (χ3v) is 6.26. The van der Waals surface area contributed by atoms with Crippen molar-refractivity contribution in [1.82, 2.24) is 15.2 Å². The number of oxime groups is 1. The van der Waals surface area contributed by atoms with Gasteiger partial charge >= 0.3 is 11.9 Å². The highest BCUT2D eigenvalue weighted by Gasteiger charge is 2.54. The number of aliphatic carboxylic acids is 1. The van der Waals surface area contributed by atoms with Crippen molar-refractivity contribution in [2.75, 3.05) is 24.7 Å². The number of β-lactam (4-membered cyclic amide) rings is 1. The summed E-state index contributed by atoms with van der Waals surface area (Å²) in [7, 11) is 0. The zero-order valence-electron chi connectivity index (χ0n) is 16.5. The molecule has 0 aromatic carbocycles. The van der Waals surface area contributed by atoms with Crippen LogP contribution in [0.5, 0.6) is 0 Å². The molecule has 12 nitrogen and oxygen atoms in total. The molecule has 4 N–H and O–H groups in total. The summed E-state index contributed by atoms with van der Waals surface area (Å²) < 4.78 is 4.89. The smallest absolute Gasteiger partial charge is 0.352 e. The van der Waals surface area contributed by atoms with Crippen LogP contribution in [0.3, 0.4) is 0 Å². The number of esters is 1. The van der Waals surface area contributed by atoms with E-state index in [0.717, 1.165) is 16.2 Å². The fourth-order valence-electron chi connectivity index (χ4n) is 2.92. The number of carbonyl (C=O) groups excluding carboxylic acids is 3. The van der Waals surface area contributed by atoms with Crippen LogP contribution in [0.15, 0.2) is 21.8 Å². The molecule has 2 atom stereocenters. The van der Waals surface area contributed by atoms with Crippen LogP contribution in [0.1, 0.15) is 19.5 Å². The van der Waals surface area contributed by atoms with Crippen LogP contribution in [0.25, 0.3) is 0 Å². The number of anilines is 1. The quantitative estimate of drug-likeness (QED) is 0.200. The Morgan fingerprint density at radius 2 is 2.19 bits per heavy atom. The first-order valence-corrected chi connectivity index (χ1v) is 10.9. The van der Waals surface area contributed by atoms with Crippen molar-refractivity contribution in [2.24, 2.45) is 5.16 Å². The van der Waals surface area contributed by atoms with Crippen molar-refractivity contribution in [1.29, 1.82) is 0 Å². The van der Waals surface area contributed by atoms with Gasteiger partial charge in [-0.15, -0.1) is 23.1 Å². The molecule has 0 bridgehead atoms. The number of carbonyl (C=O) groups is 4. The Morgan fingerprint density at radius 1 is 1.45 bits per heavy atom. The Balaban J connectivity index is 1.78. The van der Waals surface area contributed by atoms with E-state index in [9.17, 15) is 24.3 Å². The van der Waals surface area contributed by atoms with Gasteiger partial charge in [-0.25, -0.2) is 9.78 Å². The highest BCUT2D eigenvalue weighted by molar-refractivity contribution is 8.00. The number of fused-ring (bicyclic) bond motifs is 1. The molecule has 1 saturated heterocycles. The molecule has 2 aliphatic heterocycles. The van der Waals surface area contributed by atoms with Crippen LogP contribution in [0.4, 0.5) is 5.13 Å². The molecule has 0 radical (unpaired) electrons. The lowest BCUT2D eigenvalue weighted by Gasteiger charge is -2.49. The fourth-order valence-corrected chi connectivity index (χ4v) is 4.80. The summed E-state index contributed by atoms with van der Waals surface area (Å²) in [6.07, 6.45) is 0. The Labute approximate surface area is 184 Å². The maximum absolute atomic E-state index is 12.8. The van der Waals surface area contributed by atoms with Gasteiger partial charge in [0.05, 0.1) is 0 Å². The van der Waals surface area contributed by atoms with Crippen molar-refractivity contribution in [2.45, 2.75) is 25.3 Å². The Morgan fingerprint density at radius 3 is 2.77 bits per heavy atom. The largest absolute Gasteiger partial charge is 0.477 e. The lowest BCUT2D eigenvalue weighted by Crippen LogP contribution is -2.71. The van der Waals surface area contributed by atoms with Crippen molar-refractivity contribution >= 4 is 57.7 Å². The Kier molecular flexibility index (Phi) is 6.80. The van der Waals surface area contributed by atoms with Gasteiger partial charge in [-0.1, -0.05) is 5.16 Å². The molecule has 3 rings (SSSR count). The molecule has 166 valence electrons. The van der Waals surface area contributed by atoms with Gasteiger partial charge in [0.2, 0.25) is 0 Å². The van der Waals surface area contributed by atoms with Crippen LogP contribution in [0, 0.1) is 0 Å². The zero-order valence-corrected chi connectivity index (χ0v) is 18.1. The number of ether oxygens (including phenoxy) is 1. The SMILES string of the molecule is CCO/N=C(/C(=O)NC1C(=O)N2C(C(=O)O)=C(COC(C)=O)CS[C@H]12)c1csc(N)n1. The molecular formula is C17H19N5O7S2. The minimum Gasteiger partial charge on any atom is -0.477 e. The average Bonchev–Trinajstić information content (AvgIpc) is 3.15. The number of hydrogen-bond donors (Lipinski definition) is 3. The molecule has 1 aromatic rings. The van der Waals surface area contributed by atoms with E-state index in [1.807, 2.05) is 0 Å². The highest BCUT2D eigenvalue weighted by atomic mass is 32.2. The number of thiazole rings is 1. The molecule has 3 heterocycles. The van der Waals surface area contributed by atoms with Gasteiger partial charge in [0, 0.05) is 23.6 Å². The van der Waals surface area contributed by atoms with Gasteiger partial charge < -0.3 is 25.7 Å². The summed E-state index contributed by atoms with van der Waals surface area (Å²) in [4.78, 5) is 58.3. The van der Waals surface area contributed by atoms with E-state index in [1.54, 1.807) is 6.92 Å². The van der Waals surface area contributed by atoms with E-state index in [1.165, 1.54) is 24.1 Å². The average molecular weight is 470 g/mol. The number of thioether (sulfide) groups is 1. The van der Waals surface area contributed by atoms with Crippen molar-refractivity contribution < 1.29 is 33.9 Å². The van der Waals surface area contributed by atoms with Gasteiger partial charge in [0.15, 0.2) is 10.8 Å². The number of nitrogens with one attached hydrogen (secondary N) is 1. The number of nitrogen functional groups attached to an aromatic ring is 1. The molecule has 14 heteroatoms. The first-order valence-electron chi connectivity index (χ1n) is 9.00. The van der Waals surface area contributed by atoms with Gasteiger partial charge in [-0.3, -0.25) is 19.3 Å². The van der Waals surface area contributed by atoms with Crippen LogP contribution < -0.4 is 11.1 Å². The second-order valence-electron chi connectivity index (χ2n) is 6.33. The normalized spacial score (nSPS) is 20.6. The summed E-state index contributed by atoms with van der Waals surface area (Å²) >= 11 is 2.37. The molecule has 2 aliphatic rings. The van der Waals surface area contributed by atoms with Crippen molar-refractivity contribution in [3.63, 3.8) is 0 Å². The first kappa shape index (κ1) is 22.6. The van der Waals surface area contributed by atoms with Crippen LogP contribution in [-0.2, 0) is 28.8 Å². The summed E-state index contributed by atoms with van der Waals surface area (Å²) in [6.45, 7) is 2.88.